The largest absolute Gasteiger partial charge is 0.374 e. The van der Waals surface area contributed by atoms with Gasteiger partial charge in [-0.15, -0.1) is 0 Å². The summed E-state index contributed by atoms with van der Waals surface area (Å²) in [6, 6.07) is 5.91. The molecule has 0 spiro atoms. The minimum atomic E-state index is -0.269. The molecule has 130 valence electrons. The zero-order chi connectivity index (χ0) is 17.1. The summed E-state index contributed by atoms with van der Waals surface area (Å²) in [4.78, 5) is 26.4. The Labute approximate surface area is 143 Å². The van der Waals surface area contributed by atoms with Crippen molar-refractivity contribution in [3.05, 3.63) is 23.8 Å². The van der Waals surface area contributed by atoms with Gasteiger partial charge in [0.2, 0.25) is 11.8 Å². The van der Waals surface area contributed by atoms with E-state index in [2.05, 4.69) is 17.6 Å². The second-order valence-electron chi connectivity index (χ2n) is 6.88. The van der Waals surface area contributed by atoms with Crippen molar-refractivity contribution in [3.63, 3.8) is 0 Å². The first-order chi connectivity index (χ1) is 11.6. The van der Waals surface area contributed by atoms with E-state index in [1.54, 1.807) is 0 Å². The molecule has 0 unspecified atom stereocenters. The maximum Gasteiger partial charge on any atom is 0.245 e. The lowest BCUT2D eigenvalue weighted by Crippen LogP contribution is -2.47. The molecule has 2 amide bonds. The standard InChI is InChI=1S/C19H27N3O2/c1-3-22(16-7-5-4-6-8-16)19(24)13(2)20-15-9-10-17-14(11-15)12-18(23)21-17/h9-11,13,16,20H,3-8,12H2,1-2H3,(H,21,23)/t13-/m0/s1. The molecule has 24 heavy (non-hydrogen) atoms. The van der Waals surface area contributed by atoms with Crippen molar-refractivity contribution >= 4 is 23.2 Å². The molecule has 2 aliphatic rings. The van der Waals surface area contributed by atoms with Gasteiger partial charge in [0, 0.05) is 24.0 Å². The molecule has 1 heterocycles. The number of carbonyl (C=O) groups is 2. The molecule has 5 nitrogen and oxygen atoms in total. The number of carbonyl (C=O) groups excluding carboxylic acids is 2. The summed E-state index contributed by atoms with van der Waals surface area (Å²) in [5, 5.41) is 6.14. The summed E-state index contributed by atoms with van der Waals surface area (Å²) in [5.41, 5.74) is 2.76. The van der Waals surface area contributed by atoms with Gasteiger partial charge >= 0.3 is 0 Å². The third-order valence-corrected chi connectivity index (χ3v) is 5.12. The van der Waals surface area contributed by atoms with Crippen LogP contribution in [0.5, 0.6) is 0 Å². The third-order valence-electron chi connectivity index (χ3n) is 5.12. The highest BCUT2D eigenvalue weighted by molar-refractivity contribution is 5.99. The van der Waals surface area contributed by atoms with E-state index >= 15 is 0 Å². The van der Waals surface area contributed by atoms with E-state index < -0.39 is 0 Å². The van der Waals surface area contributed by atoms with Gasteiger partial charge in [-0.05, 0) is 50.5 Å². The van der Waals surface area contributed by atoms with Gasteiger partial charge in [-0.1, -0.05) is 19.3 Å². The number of likely N-dealkylation sites (N-methyl/N-ethyl adjacent to an activating group) is 1. The van der Waals surface area contributed by atoms with Gasteiger partial charge in [-0.2, -0.15) is 0 Å². The van der Waals surface area contributed by atoms with E-state index in [1.165, 1.54) is 19.3 Å². The normalized spacial score (nSPS) is 18.7. The Hall–Kier alpha value is -2.04. The molecule has 3 rings (SSSR count). The lowest BCUT2D eigenvalue weighted by Gasteiger charge is -2.35. The molecular formula is C19H27N3O2. The predicted octanol–water partition coefficient (Wildman–Crippen LogP) is 3.16. The number of rotatable bonds is 5. The number of hydrogen-bond donors (Lipinski definition) is 2. The molecule has 1 aromatic rings. The Morgan fingerprint density at radius 3 is 2.79 bits per heavy atom. The van der Waals surface area contributed by atoms with Gasteiger partial charge in [0.1, 0.15) is 6.04 Å². The van der Waals surface area contributed by atoms with Crippen LogP contribution in [0.15, 0.2) is 18.2 Å². The molecule has 0 bridgehead atoms. The highest BCUT2D eigenvalue weighted by Gasteiger charge is 2.27. The van der Waals surface area contributed by atoms with Crippen molar-refractivity contribution in [3.8, 4) is 0 Å². The van der Waals surface area contributed by atoms with Crippen molar-refractivity contribution in [1.82, 2.24) is 4.90 Å². The number of nitrogens with zero attached hydrogens (tertiary/aromatic N) is 1. The highest BCUT2D eigenvalue weighted by atomic mass is 16.2. The number of fused-ring (bicyclic) bond motifs is 1. The zero-order valence-corrected chi connectivity index (χ0v) is 14.6. The van der Waals surface area contributed by atoms with Crippen LogP contribution in [0.3, 0.4) is 0 Å². The van der Waals surface area contributed by atoms with Gasteiger partial charge < -0.3 is 15.5 Å². The van der Waals surface area contributed by atoms with Crippen molar-refractivity contribution in [2.24, 2.45) is 0 Å². The quantitative estimate of drug-likeness (QED) is 0.872. The maximum absolute atomic E-state index is 12.9. The summed E-state index contributed by atoms with van der Waals surface area (Å²) in [5.74, 6) is 0.194. The van der Waals surface area contributed by atoms with Crippen LogP contribution in [0.2, 0.25) is 0 Å². The summed E-state index contributed by atoms with van der Waals surface area (Å²) in [6.07, 6.45) is 6.40. The first kappa shape index (κ1) is 16.8. The van der Waals surface area contributed by atoms with E-state index in [-0.39, 0.29) is 17.9 Å². The molecule has 0 saturated heterocycles. The van der Waals surface area contributed by atoms with E-state index in [4.69, 9.17) is 0 Å². The van der Waals surface area contributed by atoms with Crippen LogP contribution in [-0.2, 0) is 16.0 Å². The molecule has 0 aromatic heterocycles. The molecule has 5 heteroatoms. The van der Waals surface area contributed by atoms with Crippen LogP contribution in [0.4, 0.5) is 11.4 Å². The summed E-state index contributed by atoms with van der Waals surface area (Å²) >= 11 is 0. The molecule has 1 aliphatic carbocycles. The predicted molar refractivity (Wildman–Crippen MR) is 96.1 cm³/mol. The fraction of sp³-hybridized carbons (Fsp3) is 0.579. The van der Waals surface area contributed by atoms with Gasteiger partial charge in [-0.3, -0.25) is 9.59 Å². The van der Waals surface area contributed by atoms with Crippen molar-refractivity contribution < 1.29 is 9.59 Å². The van der Waals surface area contributed by atoms with Gasteiger partial charge in [0.15, 0.2) is 0 Å². The molecule has 1 fully saturated rings. The van der Waals surface area contributed by atoms with E-state index in [0.29, 0.717) is 12.5 Å². The van der Waals surface area contributed by atoms with Crippen LogP contribution < -0.4 is 10.6 Å². The fourth-order valence-electron chi connectivity index (χ4n) is 3.87. The Balaban J connectivity index is 1.65. The second kappa shape index (κ2) is 7.24. The van der Waals surface area contributed by atoms with Crippen molar-refractivity contribution in [2.75, 3.05) is 17.2 Å². The SMILES string of the molecule is CCN(C(=O)[C@H](C)Nc1ccc2c(c1)CC(=O)N2)C1CCCCC1. The van der Waals surface area contributed by atoms with Crippen molar-refractivity contribution in [1.29, 1.82) is 0 Å². The Morgan fingerprint density at radius 2 is 2.08 bits per heavy atom. The van der Waals surface area contributed by atoms with Crippen LogP contribution in [0.25, 0.3) is 0 Å². The monoisotopic (exact) mass is 329 g/mol. The average Bonchev–Trinajstić information content (AvgIpc) is 2.95. The highest BCUT2D eigenvalue weighted by Crippen LogP contribution is 2.27. The Morgan fingerprint density at radius 1 is 1.33 bits per heavy atom. The minimum absolute atomic E-state index is 0.0285. The Bertz CT molecular complexity index is 623. The first-order valence-electron chi connectivity index (χ1n) is 9.08. The molecule has 1 atom stereocenters. The molecular weight excluding hydrogens is 302 g/mol. The van der Waals surface area contributed by atoms with E-state index in [0.717, 1.165) is 36.3 Å². The average molecular weight is 329 g/mol. The molecule has 1 aromatic carbocycles. The minimum Gasteiger partial charge on any atom is -0.374 e. The number of anilines is 2. The van der Waals surface area contributed by atoms with Gasteiger partial charge in [-0.25, -0.2) is 0 Å². The molecule has 2 N–H and O–H groups in total. The second-order valence-corrected chi connectivity index (χ2v) is 6.88. The molecule has 1 aliphatic heterocycles. The lowest BCUT2D eigenvalue weighted by atomic mass is 9.94. The van der Waals surface area contributed by atoms with Gasteiger partial charge in [0.25, 0.3) is 0 Å². The number of nitrogens with one attached hydrogen (secondary N) is 2. The zero-order valence-electron chi connectivity index (χ0n) is 14.6. The topological polar surface area (TPSA) is 61.4 Å². The van der Waals surface area contributed by atoms with Crippen LogP contribution in [0.1, 0.15) is 51.5 Å². The maximum atomic E-state index is 12.9. The van der Waals surface area contributed by atoms with Crippen LogP contribution in [-0.4, -0.2) is 35.3 Å². The summed E-state index contributed by atoms with van der Waals surface area (Å²) in [6.45, 7) is 4.74. The summed E-state index contributed by atoms with van der Waals surface area (Å²) in [7, 11) is 0. The third kappa shape index (κ3) is 3.55. The Kier molecular flexibility index (Phi) is 5.07. The summed E-state index contributed by atoms with van der Waals surface area (Å²) < 4.78 is 0. The number of amides is 2. The van der Waals surface area contributed by atoms with Crippen LogP contribution >= 0.6 is 0 Å². The number of hydrogen-bond acceptors (Lipinski definition) is 3. The van der Waals surface area contributed by atoms with E-state index in [1.807, 2.05) is 30.0 Å². The molecule has 1 saturated carbocycles. The molecule has 0 radical (unpaired) electrons. The van der Waals surface area contributed by atoms with Gasteiger partial charge in [0.05, 0.1) is 6.42 Å². The lowest BCUT2D eigenvalue weighted by molar-refractivity contribution is -0.134. The number of benzene rings is 1. The fourth-order valence-corrected chi connectivity index (χ4v) is 3.87. The van der Waals surface area contributed by atoms with E-state index in [9.17, 15) is 9.59 Å². The smallest absolute Gasteiger partial charge is 0.245 e. The van der Waals surface area contributed by atoms with Crippen molar-refractivity contribution in [2.45, 2.75) is 64.5 Å². The van der Waals surface area contributed by atoms with Crippen LogP contribution in [0, 0.1) is 0 Å². The first-order valence-corrected chi connectivity index (χ1v) is 9.08.